The van der Waals surface area contributed by atoms with Gasteiger partial charge in [0, 0.05) is 12.5 Å². The molecule has 104 valence electrons. The van der Waals surface area contributed by atoms with Crippen molar-refractivity contribution in [1.29, 1.82) is 5.26 Å². The van der Waals surface area contributed by atoms with E-state index < -0.39 is 5.54 Å². The monoisotopic (exact) mass is 261 g/mol. The summed E-state index contributed by atoms with van der Waals surface area (Å²) < 4.78 is 2.00. The van der Waals surface area contributed by atoms with E-state index in [-0.39, 0.29) is 6.04 Å². The molecule has 0 aromatic carbocycles. The van der Waals surface area contributed by atoms with Crippen LogP contribution in [-0.4, -0.2) is 26.3 Å². The molecule has 2 unspecified atom stereocenters. The zero-order chi connectivity index (χ0) is 14.0. The Morgan fingerprint density at radius 3 is 2.74 bits per heavy atom. The van der Waals surface area contributed by atoms with Gasteiger partial charge in [0.15, 0.2) is 0 Å². The predicted octanol–water partition coefficient (Wildman–Crippen LogP) is 2.27. The molecule has 1 aliphatic carbocycles. The number of hydrogen-bond acceptors (Lipinski definition) is 4. The second-order valence-electron chi connectivity index (χ2n) is 5.89. The van der Waals surface area contributed by atoms with E-state index in [1.165, 1.54) is 0 Å². The van der Waals surface area contributed by atoms with Crippen LogP contribution < -0.4 is 5.32 Å². The highest BCUT2D eigenvalue weighted by Gasteiger charge is 2.38. The average molecular weight is 261 g/mol. The van der Waals surface area contributed by atoms with E-state index in [4.69, 9.17) is 0 Å². The maximum Gasteiger partial charge on any atom is 0.147 e. The number of nitrogens with zero attached hydrogens (tertiary/aromatic N) is 4. The molecule has 2 atom stereocenters. The van der Waals surface area contributed by atoms with Gasteiger partial charge in [-0.05, 0) is 47.0 Å². The second kappa shape index (κ2) is 5.30. The molecule has 19 heavy (non-hydrogen) atoms. The van der Waals surface area contributed by atoms with Gasteiger partial charge in [-0.25, -0.2) is 9.67 Å². The van der Waals surface area contributed by atoms with Crippen molar-refractivity contribution >= 4 is 0 Å². The minimum atomic E-state index is -0.413. The summed E-state index contributed by atoms with van der Waals surface area (Å²) in [6.07, 6.45) is 3.86. The standard InChI is InChI=1S/C14H23N5/c1-10(2)17-14(9-15)7-5-6-13(8-14)19-12(4)16-11(3)18-19/h10,13,17H,5-8H2,1-4H3. The lowest BCUT2D eigenvalue weighted by Gasteiger charge is -2.38. The van der Waals surface area contributed by atoms with Crippen molar-refractivity contribution in [3.8, 4) is 6.07 Å². The molecule has 1 aromatic heterocycles. The minimum absolute atomic E-state index is 0.279. The molecule has 0 spiro atoms. The molecule has 0 amide bonds. The number of rotatable bonds is 3. The molecule has 1 saturated carbocycles. The number of aryl methyl sites for hydroxylation is 2. The summed E-state index contributed by atoms with van der Waals surface area (Å²) in [5, 5.41) is 17.5. The van der Waals surface area contributed by atoms with Gasteiger partial charge in [0.1, 0.15) is 17.2 Å². The van der Waals surface area contributed by atoms with E-state index in [0.717, 1.165) is 37.3 Å². The smallest absolute Gasteiger partial charge is 0.147 e. The molecule has 0 saturated heterocycles. The van der Waals surface area contributed by atoms with Crippen molar-refractivity contribution in [3.05, 3.63) is 11.6 Å². The number of aromatic nitrogens is 3. The van der Waals surface area contributed by atoms with E-state index in [2.05, 4.69) is 35.3 Å². The first kappa shape index (κ1) is 14.0. The molecule has 5 nitrogen and oxygen atoms in total. The first-order chi connectivity index (χ1) is 8.96. The first-order valence-electron chi connectivity index (χ1n) is 7.04. The molecule has 1 aromatic rings. The van der Waals surface area contributed by atoms with Gasteiger partial charge in [0.05, 0.1) is 12.1 Å². The zero-order valence-electron chi connectivity index (χ0n) is 12.3. The van der Waals surface area contributed by atoms with Gasteiger partial charge in [0.25, 0.3) is 0 Å². The fraction of sp³-hybridized carbons (Fsp3) is 0.786. The molecule has 5 heteroatoms. The molecule has 0 bridgehead atoms. The molecule has 0 radical (unpaired) electrons. The van der Waals surface area contributed by atoms with Gasteiger partial charge in [-0.3, -0.25) is 5.32 Å². The fourth-order valence-corrected chi connectivity index (χ4v) is 3.15. The Hall–Kier alpha value is -1.41. The average Bonchev–Trinajstić information content (AvgIpc) is 2.68. The normalized spacial score (nSPS) is 27.5. The van der Waals surface area contributed by atoms with Crippen molar-refractivity contribution in [2.75, 3.05) is 0 Å². The highest BCUT2D eigenvalue weighted by atomic mass is 15.4. The van der Waals surface area contributed by atoms with Crippen molar-refractivity contribution in [1.82, 2.24) is 20.1 Å². The Balaban J connectivity index is 2.21. The van der Waals surface area contributed by atoms with Crippen molar-refractivity contribution in [2.24, 2.45) is 0 Å². The van der Waals surface area contributed by atoms with Crippen LogP contribution in [0.15, 0.2) is 0 Å². The topological polar surface area (TPSA) is 66.5 Å². The van der Waals surface area contributed by atoms with Gasteiger partial charge in [-0.2, -0.15) is 10.4 Å². The summed E-state index contributed by atoms with van der Waals surface area (Å²) >= 11 is 0. The summed E-state index contributed by atoms with van der Waals surface area (Å²) in [5.41, 5.74) is -0.413. The van der Waals surface area contributed by atoms with Crippen LogP contribution in [0.5, 0.6) is 0 Å². The highest BCUT2D eigenvalue weighted by molar-refractivity contribution is 5.11. The third kappa shape index (κ3) is 2.95. The lowest BCUT2D eigenvalue weighted by atomic mass is 9.79. The van der Waals surface area contributed by atoms with Gasteiger partial charge in [-0.15, -0.1) is 0 Å². The summed E-state index contributed by atoms with van der Waals surface area (Å²) in [6, 6.07) is 3.10. The molecule has 1 heterocycles. The quantitative estimate of drug-likeness (QED) is 0.906. The lowest BCUT2D eigenvalue weighted by molar-refractivity contribution is 0.207. The maximum absolute atomic E-state index is 9.57. The molecule has 1 fully saturated rings. The van der Waals surface area contributed by atoms with E-state index in [1.807, 2.05) is 18.5 Å². The van der Waals surface area contributed by atoms with Crippen molar-refractivity contribution in [2.45, 2.75) is 71.0 Å². The third-order valence-electron chi connectivity index (χ3n) is 3.76. The van der Waals surface area contributed by atoms with Gasteiger partial charge >= 0.3 is 0 Å². The Morgan fingerprint density at radius 2 is 2.21 bits per heavy atom. The van der Waals surface area contributed by atoms with Crippen LogP contribution in [0.25, 0.3) is 0 Å². The molecule has 1 aliphatic rings. The first-order valence-corrected chi connectivity index (χ1v) is 7.04. The molecule has 1 N–H and O–H groups in total. The minimum Gasteiger partial charge on any atom is -0.297 e. The molecule has 2 rings (SSSR count). The fourth-order valence-electron chi connectivity index (χ4n) is 3.15. The van der Waals surface area contributed by atoms with Gasteiger partial charge in [0.2, 0.25) is 0 Å². The second-order valence-corrected chi connectivity index (χ2v) is 5.89. The van der Waals surface area contributed by atoms with E-state index in [0.29, 0.717) is 6.04 Å². The Morgan fingerprint density at radius 1 is 1.47 bits per heavy atom. The summed E-state index contributed by atoms with van der Waals surface area (Å²) in [4.78, 5) is 4.37. The van der Waals surface area contributed by atoms with Crippen LogP contribution >= 0.6 is 0 Å². The van der Waals surface area contributed by atoms with E-state index >= 15 is 0 Å². The third-order valence-corrected chi connectivity index (χ3v) is 3.76. The Labute approximate surface area is 115 Å². The number of nitrogens with one attached hydrogen (secondary N) is 1. The SMILES string of the molecule is Cc1nc(C)n(C2CCCC(C#N)(NC(C)C)C2)n1. The summed E-state index contributed by atoms with van der Waals surface area (Å²) in [6.45, 7) is 8.08. The summed E-state index contributed by atoms with van der Waals surface area (Å²) in [5.74, 6) is 1.75. The maximum atomic E-state index is 9.57. The van der Waals surface area contributed by atoms with Crippen molar-refractivity contribution in [3.63, 3.8) is 0 Å². The summed E-state index contributed by atoms with van der Waals surface area (Å²) in [7, 11) is 0. The van der Waals surface area contributed by atoms with E-state index in [9.17, 15) is 5.26 Å². The highest BCUT2D eigenvalue weighted by Crippen LogP contribution is 2.35. The number of nitriles is 1. The van der Waals surface area contributed by atoms with E-state index in [1.54, 1.807) is 0 Å². The largest absolute Gasteiger partial charge is 0.297 e. The molecule has 0 aliphatic heterocycles. The predicted molar refractivity (Wildman–Crippen MR) is 73.6 cm³/mol. The van der Waals surface area contributed by atoms with Crippen LogP contribution in [0, 0.1) is 25.2 Å². The van der Waals surface area contributed by atoms with Crippen LogP contribution in [-0.2, 0) is 0 Å². The van der Waals surface area contributed by atoms with Crippen molar-refractivity contribution < 1.29 is 0 Å². The molecular weight excluding hydrogens is 238 g/mol. The molecular formula is C14H23N5. The zero-order valence-corrected chi connectivity index (χ0v) is 12.3. The van der Waals surface area contributed by atoms with Crippen LogP contribution in [0.4, 0.5) is 0 Å². The van der Waals surface area contributed by atoms with Crippen LogP contribution in [0.2, 0.25) is 0 Å². The van der Waals surface area contributed by atoms with Gasteiger partial charge in [-0.1, -0.05) is 0 Å². The van der Waals surface area contributed by atoms with Crippen LogP contribution in [0.3, 0.4) is 0 Å². The Bertz CT molecular complexity index is 485. The van der Waals surface area contributed by atoms with Crippen LogP contribution in [0.1, 0.15) is 57.2 Å². The number of hydrogen-bond donors (Lipinski definition) is 1. The Kier molecular flexibility index (Phi) is 3.91. The lowest BCUT2D eigenvalue weighted by Crippen LogP contribution is -2.50. The van der Waals surface area contributed by atoms with Gasteiger partial charge < -0.3 is 0 Å².